The van der Waals surface area contributed by atoms with Gasteiger partial charge >= 0.3 is 0 Å². The Balaban J connectivity index is 2.29. The molecule has 0 saturated carbocycles. The summed E-state index contributed by atoms with van der Waals surface area (Å²) in [5.74, 6) is 1.28. The molecule has 1 heterocycles. The van der Waals surface area contributed by atoms with Gasteiger partial charge in [-0.05, 0) is 32.3 Å². The van der Waals surface area contributed by atoms with Crippen molar-refractivity contribution in [2.45, 2.75) is 12.1 Å². The first-order valence-corrected chi connectivity index (χ1v) is 7.19. The van der Waals surface area contributed by atoms with Crippen LogP contribution in [0.4, 0.5) is 8.78 Å². The number of nitrogens with one attached hydrogen (secondary N) is 1. The van der Waals surface area contributed by atoms with Crippen molar-refractivity contribution in [2.24, 2.45) is 0 Å². The minimum atomic E-state index is -0.391. The Morgan fingerprint density at radius 2 is 2.22 bits per heavy atom. The average molecular weight is 272 g/mol. The Hall–Kier alpha value is -0.650. The molecule has 0 spiro atoms. The Bertz CT molecular complexity index is 414. The van der Waals surface area contributed by atoms with Crippen molar-refractivity contribution in [3.05, 3.63) is 35.4 Å². The summed E-state index contributed by atoms with van der Waals surface area (Å²) in [7, 11) is 3.83. The highest BCUT2D eigenvalue weighted by Crippen LogP contribution is 2.28. The van der Waals surface area contributed by atoms with Crippen LogP contribution in [0.2, 0.25) is 0 Å². The van der Waals surface area contributed by atoms with Crippen LogP contribution in [0.3, 0.4) is 0 Å². The highest BCUT2D eigenvalue weighted by Gasteiger charge is 2.30. The summed E-state index contributed by atoms with van der Waals surface area (Å²) in [6.45, 7) is 0.977. The summed E-state index contributed by atoms with van der Waals surface area (Å²) < 4.78 is 27.2. The number of hydrogen-bond donors (Lipinski definition) is 1. The second kappa shape index (κ2) is 5.99. The molecule has 1 fully saturated rings. The SMILES string of the molecule is CNC(c1cc(F)ccc1F)C1CSCCN1C. The minimum Gasteiger partial charge on any atom is -0.312 e. The number of halogens is 2. The molecule has 1 aliphatic rings. The van der Waals surface area contributed by atoms with Gasteiger partial charge in [-0.2, -0.15) is 11.8 Å². The van der Waals surface area contributed by atoms with Crippen LogP contribution in [-0.4, -0.2) is 43.1 Å². The van der Waals surface area contributed by atoms with Gasteiger partial charge in [0.15, 0.2) is 0 Å². The van der Waals surface area contributed by atoms with Gasteiger partial charge in [-0.3, -0.25) is 4.90 Å². The molecule has 0 radical (unpaired) electrons. The molecule has 5 heteroatoms. The zero-order chi connectivity index (χ0) is 13.1. The van der Waals surface area contributed by atoms with E-state index in [2.05, 4.69) is 10.2 Å². The number of benzene rings is 1. The first-order valence-electron chi connectivity index (χ1n) is 6.03. The quantitative estimate of drug-likeness (QED) is 0.909. The van der Waals surface area contributed by atoms with E-state index in [1.165, 1.54) is 12.1 Å². The number of hydrogen-bond acceptors (Lipinski definition) is 3. The second-order valence-corrected chi connectivity index (χ2v) is 5.70. The molecule has 0 amide bonds. The molecule has 1 aliphatic heterocycles. The van der Waals surface area contributed by atoms with Crippen LogP contribution >= 0.6 is 11.8 Å². The van der Waals surface area contributed by atoms with Crippen molar-refractivity contribution in [1.29, 1.82) is 0 Å². The summed E-state index contributed by atoms with van der Waals surface area (Å²) in [4.78, 5) is 2.21. The lowest BCUT2D eigenvalue weighted by molar-refractivity contribution is 0.218. The molecule has 2 unspecified atom stereocenters. The summed E-state index contributed by atoms with van der Waals surface area (Å²) in [6.07, 6.45) is 0. The minimum absolute atomic E-state index is 0.182. The van der Waals surface area contributed by atoms with Gasteiger partial charge in [0.25, 0.3) is 0 Å². The maximum Gasteiger partial charge on any atom is 0.128 e. The van der Waals surface area contributed by atoms with Gasteiger partial charge in [0, 0.05) is 29.7 Å². The lowest BCUT2D eigenvalue weighted by Crippen LogP contribution is -2.47. The summed E-state index contributed by atoms with van der Waals surface area (Å²) in [5.41, 5.74) is 0.414. The van der Waals surface area contributed by atoms with Gasteiger partial charge in [-0.1, -0.05) is 0 Å². The topological polar surface area (TPSA) is 15.3 Å². The van der Waals surface area contributed by atoms with Gasteiger partial charge in [0.05, 0.1) is 6.04 Å². The zero-order valence-electron chi connectivity index (χ0n) is 10.6. The third-order valence-electron chi connectivity index (χ3n) is 3.43. The molecule has 2 nitrogen and oxygen atoms in total. The molecule has 2 rings (SSSR count). The summed E-state index contributed by atoms with van der Waals surface area (Å²) >= 11 is 1.86. The van der Waals surface area contributed by atoms with Crippen molar-refractivity contribution < 1.29 is 8.78 Å². The summed E-state index contributed by atoms with van der Waals surface area (Å²) in [5, 5.41) is 3.12. The third kappa shape index (κ3) is 2.84. The van der Waals surface area contributed by atoms with Crippen LogP contribution < -0.4 is 5.32 Å². The zero-order valence-corrected chi connectivity index (χ0v) is 11.4. The largest absolute Gasteiger partial charge is 0.312 e. The molecule has 1 N–H and O–H groups in total. The van der Waals surface area contributed by atoms with Crippen LogP contribution in [0.25, 0.3) is 0 Å². The van der Waals surface area contributed by atoms with Crippen molar-refractivity contribution in [3.8, 4) is 0 Å². The van der Waals surface area contributed by atoms with Crippen LogP contribution in [0.15, 0.2) is 18.2 Å². The Morgan fingerprint density at radius 3 is 2.89 bits per heavy atom. The lowest BCUT2D eigenvalue weighted by atomic mass is 9.98. The average Bonchev–Trinajstić information content (AvgIpc) is 2.36. The maximum atomic E-state index is 13.9. The molecule has 1 saturated heterocycles. The van der Waals surface area contributed by atoms with Gasteiger partial charge in [0.2, 0.25) is 0 Å². The second-order valence-electron chi connectivity index (χ2n) is 4.56. The van der Waals surface area contributed by atoms with Gasteiger partial charge in [-0.15, -0.1) is 0 Å². The molecule has 100 valence electrons. The summed E-state index contributed by atoms with van der Waals surface area (Å²) in [6, 6.07) is 3.66. The van der Waals surface area contributed by atoms with Crippen LogP contribution in [0.1, 0.15) is 11.6 Å². The van der Waals surface area contributed by atoms with E-state index in [4.69, 9.17) is 0 Å². The van der Waals surface area contributed by atoms with Crippen molar-refractivity contribution in [3.63, 3.8) is 0 Å². The maximum absolute atomic E-state index is 13.9. The van der Waals surface area contributed by atoms with E-state index >= 15 is 0 Å². The van der Waals surface area contributed by atoms with Crippen LogP contribution in [0, 0.1) is 11.6 Å². The molecular formula is C13H18F2N2S. The molecule has 1 aromatic rings. The highest BCUT2D eigenvalue weighted by molar-refractivity contribution is 7.99. The molecule has 0 aromatic heterocycles. The van der Waals surface area contributed by atoms with E-state index in [0.29, 0.717) is 5.56 Å². The van der Waals surface area contributed by atoms with Gasteiger partial charge in [-0.25, -0.2) is 8.78 Å². The van der Waals surface area contributed by atoms with E-state index in [1.54, 1.807) is 7.05 Å². The van der Waals surface area contributed by atoms with E-state index in [0.717, 1.165) is 24.1 Å². The normalized spacial score (nSPS) is 23.0. The van der Waals surface area contributed by atoms with E-state index in [1.807, 2.05) is 18.8 Å². The number of nitrogens with zero attached hydrogens (tertiary/aromatic N) is 1. The Kier molecular flexibility index (Phi) is 4.59. The lowest BCUT2D eigenvalue weighted by Gasteiger charge is -2.38. The fraction of sp³-hybridized carbons (Fsp3) is 0.538. The molecule has 0 aliphatic carbocycles. The highest BCUT2D eigenvalue weighted by atomic mass is 32.2. The van der Waals surface area contributed by atoms with Crippen LogP contribution in [0.5, 0.6) is 0 Å². The number of rotatable bonds is 3. The Morgan fingerprint density at radius 1 is 1.44 bits per heavy atom. The predicted molar refractivity (Wildman–Crippen MR) is 71.9 cm³/mol. The molecular weight excluding hydrogens is 254 g/mol. The fourth-order valence-electron chi connectivity index (χ4n) is 2.36. The molecule has 2 atom stereocenters. The smallest absolute Gasteiger partial charge is 0.128 e. The molecule has 0 bridgehead atoms. The predicted octanol–water partition coefficient (Wildman–Crippen LogP) is 2.27. The Labute approximate surface area is 111 Å². The first-order chi connectivity index (χ1) is 8.63. The van der Waals surface area contributed by atoms with E-state index in [9.17, 15) is 8.78 Å². The number of likely N-dealkylation sites (N-methyl/N-ethyl adjacent to an activating group) is 2. The van der Waals surface area contributed by atoms with Crippen molar-refractivity contribution >= 4 is 11.8 Å². The standard InChI is InChI=1S/C13H18F2N2S/c1-16-13(12-8-18-6-5-17(12)2)10-7-9(14)3-4-11(10)15/h3-4,7,12-13,16H,5-6,8H2,1-2H3. The van der Waals surface area contributed by atoms with Crippen LogP contribution in [-0.2, 0) is 0 Å². The fourth-order valence-corrected chi connectivity index (χ4v) is 3.64. The van der Waals surface area contributed by atoms with Crippen molar-refractivity contribution in [2.75, 3.05) is 32.1 Å². The van der Waals surface area contributed by atoms with Gasteiger partial charge in [0.1, 0.15) is 11.6 Å². The van der Waals surface area contributed by atoms with E-state index < -0.39 is 5.82 Å². The third-order valence-corrected chi connectivity index (χ3v) is 4.48. The monoisotopic (exact) mass is 272 g/mol. The molecule has 1 aromatic carbocycles. The van der Waals surface area contributed by atoms with Gasteiger partial charge < -0.3 is 5.32 Å². The van der Waals surface area contributed by atoms with E-state index in [-0.39, 0.29) is 17.9 Å². The van der Waals surface area contributed by atoms with Crippen molar-refractivity contribution in [1.82, 2.24) is 10.2 Å². The number of thioether (sulfide) groups is 1. The molecule has 18 heavy (non-hydrogen) atoms. The first kappa shape index (κ1) is 13.8.